The lowest BCUT2D eigenvalue weighted by Crippen LogP contribution is -1.97. The third kappa shape index (κ3) is 1.69. The van der Waals surface area contributed by atoms with E-state index >= 15 is 0 Å². The van der Waals surface area contributed by atoms with Crippen LogP contribution in [0.25, 0.3) is 17.1 Å². The first kappa shape index (κ1) is 11.1. The van der Waals surface area contributed by atoms with Gasteiger partial charge < -0.3 is 0 Å². The minimum absolute atomic E-state index is 0.785. The Morgan fingerprint density at radius 1 is 1.19 bits per heavy atom. The molecule has 2 aromatic heterocycles. The number of hydrogen-bond acceptors (Lipinski definition) is 2. The molecule has 2 aromatic rings. The topological polar surface area (TPSA) is 25.8 Å². The van der Waals surface area contributed by atoms with E-state index in [-0.39, 0.29) is 0 Å². The molecule has 0 aliphatic carbocycles. The van der Waals surface area contributed by atoms with E-state index in [0.29, 0.717) is 0 Å². The minimum atomic E-state index is 0.785. The predicted octanol–water partition coefficient (Wildman–Crippen LogP) is 3.76. The first-order chi connectivity index (χ1) is 7.65. The summed E-state index contributed by atoms with van der Waals surface area (Å²) in [4.78, 5) is 8.80. The summed E-state index contributed by atoms with van der Waals surface area (Å²) in [6.07, 6.45) is 3.58. The maximum absolute atomic E-state index is 5.60. The van der Waals surface area contributed by atoms with Crippen LogP contribution in [0.5, 0.6) is 0 Å². The molecule has 0 fully saturated rings. The van der Waals surface area contributed by atoms with Gasteiger partial charge in [0.2, 0.25) is 0 Å². The molecule has 82 valence electrons. The molecule has 16 heavy (non-hydrogen) atoms. The number of rotatable bonds is 1. The molecule has 0 saturated carbocycles. The lowest BCUT2D eigenvalue weighted by molar-refractivity contribution is 1.19. The van der Waals surface area contributed by atoms with Crippen LogP contribution in [0.4, 0.5) is 0 Å². The highest BCUT2D eigenvalue weighted by atomic mass is 35.5. The van der Waals surface area contributed by atoms with Crippen LogP contribution < -0.4 is 0 Å². The van der Waals surface area contributed by atoms with Gasteiger partial charge in [-0.2, -0.15) is 0 Å². The molecule has 0 aliphatic heterocycles. The average molecular weight is 233 g/mol. The second-order valence-corrected chi connectivity index (χ2v) is 4.12. The van der Waals surface area contributed by atoms with Crippen molar-refractivity contribution >= 4 is 28.7 Å². The third-order valence-electron chi connectivity index (χ3n) is 2.91. The zero-order valence-electron chi connectivity index (χ0n) is 9.58. The van der Waals surface area contributed by atoms with Gasteiger partial charge in [-0.1, -0.05) is 11.6 Å². The van der Waals surface area contributed by atoms with E-state index in [1.165, 1.54) is 16.7 Å². The molecular formula is C13H13ClN2. The number of nitrogens with zero attached hydrogens (tertiary/aromatic N) is 2. The number of aryl methyl sites for hydroxylation is 2. The Balaban J connectivity index is 2.88. The normalized spacial score (nSPS) is 11.5. The van der Waals surface area contributed by atoms with Gasteiger partial charge in [-0.15, -0.1) is 0 Å². The molecule has 0 amide bonds. The van der Waals surface area contributed by atoms with E-state index in [1.54, 1.807) is 12.3 Å². The van der Waals surface area contributed by atoms with Crippen molar-refractivity contribution in [3.8, 4) is 0 Å². The molecule has 2 rings (SSSR count). The molecule has 0 aliphatic rings. The molecule has 0 bridgehead atoms. The summed E-state index contributed by atoms with van der Waals surface area (Å²) in [5.74, 6) is 0. The molecule has 0 N–H and O–H groups in total. The highest BCUT2D eigenvalue weighted by Gasteiger charge is 2.09. The molecule has 2 heterocycles. The Bertz CT molecular complexity index is 574. The van der Waals surface area contributed by atoms with Crippen molar-refractivity contribution < 1.29 is 0 Å². The van der Waals surface area contributed by atoms with Gasteiger partial charge in [-0.25, -0.2) is 9.97 Å². The first-order valence-corrected chi connectivity index (χ1v) is 5.58. The van der Waals surface area contributed by atoms with Crippen LogP contribution in [-0.4, -0.2) is 9.97 Å². The Morgan fingerprint density at radius 2 is 1.94 bits per heavy atom. The van der Waals surface area contributed by atoms with Crippen LogP contribution in [0.1, 0.15) is 22.4 Å². The van der Waals surface area contributed by atoms with Crippen LogP contribution in [0.3, 0.4) is 0 Å². The van der Waals surface area contributed by atoms with Gasteiger partial charge in [0, 0.05) is 17.1 Å². The van der Waals surface area contributed by atoms with Crippen LogP contribution in [0, 0.1) is 20.8 Å². The van der Waals surface area contributed by atoms with E-state index in [0.717, 1.165) is 22.3 Å². The van der Waals surface area contributed by atoms with Gasteiger partial charge in [0.15, 0.2) is 5.65 Å². The Labute approximate surface area is 100.0 Å². The summed E-state index contributed by atoms with van der Waals surface area (Å²) < 4.78 is 0. The maximum atomic E-state index is 5.60. The van der Waals surface area contributed by atoms with Crippen molar-refractivity contribution in [1.82, 2.24) is 9.97 Å². The van der Waals surface area contributed by atoms with Gasteiger partial charge in [-0.05, 0) is 49.6 Å². The van der Waals surface area contributed by atoms with Crippen LogP contribution in [-0.2, 0) is 0 Å². The second-order valence-electron chi connectivity index (χ2n) is 3.87. The summed E-state index contributed by atoms with van der Waals surface area (Å²) in [6, 6.07) is 2.01. The fourth-order valence-corrected chi connectivity index (χ4v) is 2.01. The van der Waals surface area contributed by atoms with Gasteiger partial charge in [0.1, 0.15) is 0 Å². The smallest absolute Gasteiger partial charge is 0.160 e. The fraction of sp³-hybridized carbons (Fsp3) is 0.231. The molecule has 0 radical (unpaired) electrons. The highest BCUT2D eigenvalue weighted by molar-refractivity contribution is 6.27. The number of fused-ring (bicyclic) bond motifs is 1. The molecular weight excluding hydrogens is 220 g/mol. The zero-order chi connectivity index (χ0) is 11.7. The largest absolute Gasteiger partial charge is 0.237 e. The van der Waals surface area contributed by atoms with Gasteiger partial charge >= 0.3 is 0 Å². The van der Waals surface area contributed by atoms with Crippen molar-refractivity contribution in [3.63, 3.8) is 0 Å². The van der Waals surface area contributed by atoms with Crippen molar-refractivity contribution in [2.24, 2.45) is 0 Å². The maximum Gasteiger partial charge on any atom is 0.160 e. The van der Waals surface area contributed by atoms with Crippen molar-refractivity contribution in [1.29, 1.82) is 0 Å². The molecule has 0 unspecified atom stereocenters. The van der Waals surface area contributed by atoms with Crippen LogP contribution in [0.15, 0.2) is 17.8 Å². The van der Waals surface area contributed by atoms with E-state index in [9.17, 15) is 0 Å². The van der Waals surface area contributed by atoms with Crippen LogP contribution in [0.2, 0.25) is 0 Å². The molecule has 0 spiro atoms. The number of halogens is 1. The summed E-state index contributed by atoms with van der Waals surface area (Å²) in [7, 11) is 0. The van der Waals surface area contributed by atoms with Crippen molar-refractivity contribution in [2.45, 2.75) is 20.8 Å². The summed E-state index contributed by atoms with van der Waals surface area (Å²) in [5, 5.41) is 1.15. The lowest BCUT2D eigenvalue weighted by Gasteiger charge is -2.09. The van der Waals surface area contributed by atoms with E-state index in [2.05, 4.69) is 30.7 Å². The standard InChI is InChI=1S/C13H13ClN2/c1-8-5-7-15-13-12(8)10(3)9(2)11(16-13)4-6-14/h4-7H,1-3H3. The summed E-state index contributed by atoms with van der Waals surface area (Å²) in [5.41, 5.74) is 6.74. The number of hydrogen-bond donors (Lipinski definition) is 0. The zero-order valence-corrected chi connectivity index (χ0v) is 10.3. The Morgan fingerprint density at radius 3 is 2.62 bits per heavy atom. The van der Waals surface area contributed by atoms with E-state index in [1.807, 2.05) is 6.07 Å². The average Bonchev–Trinajstić information content (AvgIpc) is 2.25. The van der Waals surface area contributed by atoms with E-state index < -0.39 is 0 Å². The highest BCUT2D eigenvalue weighted by Crippen LogP contribution is 2.24. The molecule has 3 heteroatoms. The summed E-state index contributed by atoms with van der Waals surface area (Å²) >= 11 is 5.60. The number of aromatic nitrogens is 2. The quantitative estimate of drug-likeness (QED) is 0.748. The van der Waals surface area contributed by atoms with Crippen molar-refractivity contribution in [2.75, 3.05) is 0 Å². The van der Waals surface area contributed by atoms with Crippen molar-refractivity contribution in [3.05, 3.63) is 40.2 Å². The molecule has 0 saturated heterocycles. The van der Waals surface area contributed by atoms with Crippen LogP contribution >= 0.6 is 11.6 Å². The third-order valence-corrected chi connectivity index (χ3v) is 3.03. The minimum Gasteiger partial charge on any atom is -0.237 e. The van der Waals surface area contributed by atoms with Gasteiger partial charge in [0.25, 0.3) is 0 Å². The first-order valence-electron chi connectivity index (χ1n) is 5.14. The second kappa shape index (κ2) is 4.22. The Kier molecular flexibility index (Phi) is 2.92. The monoisotopic (exact) mass is 232 g/mol. The predicted molar refractivity (Wildman–Crippen MR) is 68.6 cm³/mol. The van der Waals surface area contributed by atoms with Gasteiger partial charge in [-0.3, -0.25) is 0 Å². The molecule has 2 nitrogen and oxygen atoms in total. The summed E-state index contributed by atoms with van der Waals surface area (Å²) in [6.45, 7) is 6.23. The lowest BCUT2D eigenvalue weighted by atomic mass is 10.0. The molecule has 0 aromatic carbocycles. The van der Waals surface area contributed by atoms with E-state index in [4.69, 9.17) is 11.6 Å². The van der Waals surface area contributed by atoms with Gasteiger partial charge in [0.05, 0.1) is 5.69 Å². The molecule has 0 atom stereocenters. The fourth-order valence-electron chi connectivity index (χ4n) is 1.89. The Hall–Kier alpha value is -1.41. The SMILES string of the molecule is Cc1c(C=CCl)nc2nccc(C)c2c1C. The number of pyridine rings is 2.